The third-order valence-corrected chi connectivity index (χ3v) is 2.68. The summed E-state index contributed by atoms with van der Waals surface area (Å²) in [6.45, 7) is 9.20. The van der Waals surface area contributed by atoms with Crippen molar-refractivity contribution in [3.63, 3.8) is 0 Å². The monoisotopic (exact) mass is 277 g/mol. The topological polar surface area (TPSA) is 55.4 Å². The third-order valence-electron chi connectivity index (χ3n) is 2.68. The Morgan fingerprint density at radius 2 is 1.85 bits per heavy atom. The summed E-state index contributed by atoms with van der Waals surface area (Å²) in [5.74, 6) is 0.260. The molecule has 0 radical (unpaired) electrons. The predicted octanol–water partition coefficient (Wildman–Crippen LogP) is 2.96. The summed E-state index contributed by atoms with van der Waals surface area (Å²) in [5.41, 5.74) is 0.207. The van der Waals surface area contributed by atoms with Crippen molar-refractivity contribution in [3.05, 3.63) is 29.8 Å². The fraction of sp³-hybridized carbons (Fsp3) is 0.500. The molecule has 1 amide bonds. The van der Waals surface area contributed by atoms with Crippen LogP contribution in [0.3, 0.4) is 0 Å². The van der Waals surface area contributed by atoms with E-state index < -0.39 is 6.10 Å². The van der Waals surface area contributed by atoms with Crippen LogP contribution in [0.1, 0.15) is 51.4 Å². The molecule has 1 unspecified atom stereocenters. The lowest BCUT2D eigenvalue weighted by Crippen LogP contribution is -2.46. The number of nitrogens with one attached hydrogen (secondary N) is 1. The van der Waals surface area contributed by atoms with E-state index in [1.54, 1.807) is 38.1 Å². The molecule has 0 aliphatic carbocycles. The van der Waals surface area contributed by atoms with Gasteiger partial charge in [-0.1, -0.05) is 19.1 Å². The van der Waals surface area contributed by atoms with Gasteiger partial charge in [-0.3, -0.25) is 9.59 Å². The Kier molecular flexibility index (Phi) is 5.31. The molecule has 110 valence electrons. The number of amides is 1. The zero-order valence-electron chi connectivity index (χ0n) is 12.8. The zero-order valence-corrected chi connectivity index (χ0v) is 12.8. The molecule has 1 atom stereocenters. The van der Waals surface area contributed by atoms with Gasteiger partial charge in [0.1, 0.15) is 5.75 Å². The highest BCUT2D eigenvalue weighted by Crippen LogP contribution is 2.21. The van der Waals surface area contributed by atoms with Crippen LogP contribution in [0.25, 0.3) is 0 Å². The van der Waals surface area contributed by atoms with E-state index in [4.69, 9.17) is 4.74 Å². The highest BCUT2D eigenvalue weighted by atomic mass is 16.5. The molecule has 0 aliphatic rings. The molecule has 0 aliphatic heterocycles. The van der Waals surface area contributed by atoms with E-state index in [9.17, 15) is 9.59 Å². The Hall–Kier alpha value is -1.84. The maximum absolute atomic E-state index is 12.0. The van der Waals surface area contributed by atoms with Crippen LogP contribution in [0.2, 0.25) is 0 Å². The molecule has 0 saturated carbocycles. The fourth-order valence-electron chi connectivity index (χ4n) is 1.71. The second kappa shape index (κ2) is 6.55. The van der Waals surface area contributed by atoms with Gasteiger partial charge in [-0.05, 0) is 39.8 Å². The molecule has 0 saturated heterocycles. The van der Waals surface area contributed by atoms with Gasteiger partial charge in [0.05, 0.1) is 5.56 Å². The van der Waals surface area contributed by atoms with Gasteiger partial charge < -0.3 is 10.1 Å². The Labute approximate surface area is 120 Å². The molecular formula is C16H23NO3. The van der Waals surface area contributed by atoms with Crippen LogP contribution < -0.4 is 10.1 Å². The average Bonchev–Trinajstić information content (AvgIpc) is 2.36. The first kappa shape index (κ1) is 16.2. The van der Waals surface area contributed by atoms with Gasteiger partial charge in [0.2, 0.25) is 0 Å². The summed E-state index contributed by atoms with van der Waals surface area (Å²) in [7, 11) is 0. The van der Waals surface area contributed by atoms with Gasteiger partial charge >= 0.3 is 0 Å². The van der Waals surface area contributed by atoms with Crippen molar-refractivity contribution in [2.24, 2.45) is 0 Å². The molecule has 20 heavy (non-hydrogen) atoms. The van der Waals surface area contributed by atoms with E-state index in [1.807, 2.05) is 20.8 Å². The quantitative estimate of drug-likeness (QED) is 0.842. The summed E-state index contributed by atoms with van der Waals surface area (Å²) < 4.78 is 5.64. The number of ether oxygens (including phenoxy) is 1. The summed E-state index contributed by atoms with van der Waals surface area (Å²) in [4.78, 5) is 23.8. The lowest BCUT2D eigenvalue weighted by molar-refractivity contribution is -0.128. The van der Waals surface area contributed by atoms with E-state index in [0.29, 0.717) is 17.7 Å². The first-order valence-corrected chi connectivity index (χ1v) is 6.85. The van der Waals surface area contributed by atoms with E-state index in [0.717, 1.165) is 0 Å². The number of Topliss-reactive ketones (excluding diaryl/α,β-unsaturated/α-hetero) is 1. The number of hydrogen-bond acceptors (Lipinski definition) is 3. The average molecular weight is 277 g/mol. The molecule has 0 heterocycles. The smallest absolute Gasteiger partial charge is 0.261 e. The van der Waals surface area contributed by atoms with Crippen molar-refractivity contribution >= 4 is 11.7 Å². The number of carbonyl (C=O) groups is 2. The standard InChI is InChI=1S/C16H23NO3/c1-6-13(18)12-9-7-8-10-14(12)20-11(2)15(19)17-16(3,4)5/h7-11H,6H2,1-5H3,(H,17,19). The van der Waals surface area contributed by atoms with Crippen LogP contribution in [0.4, 0.5) is 0 Å². The molecule has 1 aromatic rings. The first-order chi connectivity index (χ1) is 9.24. The fourth-order valence-corrected chi connectivity index (χ4v) is 1.71. The summed E-state index contributed by atoms with van der Waals surface area (Å²) in [5, 5.41) is 2.85. The molecule has 0 spiro atoms. The zero-order chi connectivity index (χ0) is 15.3. The lowest BCUT2D eigenvalue weighted by atomic mass is 10.1. The van der Waals surface area contributed by atoms with Crippen molar-refractivity contribution in [2.75, 3.05) is 0 Å². The van der Waals surface area contributed by atoms with Gasteiger partial charge in [-0.25, -0.2) is 0 Å². The van der Waals surface area contributed by atoms with E-state index in [1.165, 1.54) is 0 Å². The highest BCUT2D eigenvalue weighted by Gasteiger charge is 2.22. The highest BCUT2D eigenvalue weighted by molar-refractivity contribution is 5.98. The largest absolute Gasteiger partial charge is 0.480 e. The molecule has 1 rings (SSSR count). The van der Waals surface area contributed by atoms with Crippen LogP contribution in [0.5, 0.6) is 5.75 Å². The Morgan fingerprint density at radius 3 is 2.40 bits per heavy atom. The SMILES string of the molecule is CCC(=O)c1ccccc1OC(C)C(=O)NC(C)(C)C. The lowest BCUT2D eigenvalue weighted by Gasteiger charge is -2.24. The molecule has 4 heteroatoms. The van der Waals surface area contributed by atoms with Crippen molar-refractivity contribution < 1.29 is 14.3 Å². The van der Waals surface area contributed by atoms with E-state index in [-0.39, 0.29) is 17.2 Å². The normalized spacial score (nSPS) is 12.7. The van der Waals surface area contributed by atoms with Crippen LogP contribution in [0, 0.1) is 0 Å². The van der Waals surface area contributed by atoms with Crippen molar-refractivity contribution in [1.82, 2.24) is 5.32 Å². The number of ketones is 1. The Bertz CT molecular complexity index is 489. The van der Waals surface area contributed by atoms with Gasteiger partial charge in [0.15, 0.2) is 11.9 Å². The molecule has 0 aromatic heterocycles. The van der Waals surface area contributed by atoms with E-state index >= 15 is 0 Å². The molecule has 0 bridgehead atoms. The first-order valence-electron chi connectivity index (χ1n) is 6.85. The third kappa shape index (κ3) is 4.68. The number of benzene rings is 1. The van der Waals surface area contributed by atoms with Gasteiger partial charge in [0, 0.05) is 12.0 Å². The minimum Gasteiger partial charge on any atom is -0.480 e. The minimum absolute atomic E-state index is 0.00373. The van der Waals surface area contributed by atoms with Crippen molar-refractivity contribution in [2.45, 2.75) is 52.7 Å². The second-order valence-electron chi connectivity index (χ2n) is 5.77. The molecule has 1 aromatic carbocycles. The summed E-state index contributed by atoms with van der Waals surface area (Å²) in [6.07, 6.45) is -0.247. The number of carbonyl (C=O) groups excluding carboxylic acids is 2. The van der Waals surface area contributed by atoms with Crippen LogP contribution in [-0.4, -0.2) is 23.3 Å². The second-order valence-corrected chi connectivity index (χ2v) is 5.77. The maximum atomic E-state index is 12.0. The van der Waals surface area contributed by atoms with Crippen molar-refractivity contribution in [3.8, 4) is 5.75 Å². The molecule has 1 N–H and O–H groups in total. The molecule has 4 nitrogen and oxygen atoms in total. The molecule has 0 fully saturated rings. The van der Waals surface area contributed by atoms with Crippen molar-refractivity contribution in [1.29, 1.82) is 0 Å². The number of para-hydroxylation sites is 1. The number of rotatable bonds is 5. The molecular weight excluding hydrogens is 254 g/mol. The van der Waals surface area contributed by atoms with Crippen LogP contribution in [-0.2, 0) is 4.79 Å². The number of hydrogen-bond donors (Lipinski definition) is 1. The summed E-state index contributed by atoms with van der Waals surface area (Å²) >= 11 is 0. The minimum atomic E-state index is -0.653. The summed E-state index contributed by atoms with van der Waals surface area (Å²) in [6, 6.07) is 7.01. The Balaban J connectivity index is 2.83. The maximum Gasteiger partial charge on any atom is 0.261 e. The van der Waals surface area contributed by atoms with Gasteiger partial charge in [0.25, 0.3) is 5.91 Å². The van der Waals surface area contributed by atoms with Gasteiger partial charge in [-0.15, -0.1) is 0 Å². The predicted molar refractivity (Wildman–Crippen MR) is 79.0 cm³/mol. The van der Waals surface area contributed by atoms with Crippen LogP contribution in [0.15, 0.2) is 24.3 Å². The van der Waals surface area contributed by atoms with Crippen LogP contribution >= 0.6 is 0 Å². The Morgan fingerprint density at radius 1 is 1.25 bits per heavy atom. The van der Waals surface area contributed by atoms with E-state index in [2.05, 4.69) is 5.32 Å². The van der Waals surface area contributed by atoms with Gasteiger partial charge in [-0.2, -0.15) is 0 Å².